The summed E-state index contributed by atoms with van der Waals surface area (Å²) < 4.78 is 5.21. The monoisotopic (exact) mass is 524 g/mol. The number of aliphatic imine (C=N–C) groups is 1. The predicted octanol–water partition coefficient (Wildman–Crippen LogP) is 3.87. The van der Waals surface area contributed by atoms with E-state index >= 15 is 0 Å². The second-order valence-corrected chi connectivity index (χ2v) is 7.21. The van der Waals surface area contributed by atoms with Crippen LogP contribution in [0.1, 0.15) is 40.7 Å². The molecule has 0 aromatic heterocycles. The van der Waals surface area contributed by atoms with Gasteiger partial charge in [0.05, 0.1) is 7.11 Å². The van der Waals surface area contributed by atoms with E-state index in [9.17, 15) is 4.79 Å². The van der Waals surface area contributed by atoms with Crippen LogP contribution in [-0.4, -0.2) is 51.6 Å². The molecule has 7 heteroatoms. The number of nitrogens with one attached hydrogen (secondary N) is 2. The molecule has 1 atom stereocenters. The minimum atomic E-state index is 0. The van der Waals surface area contributed by atoms with Gasteiger partial charge in [-0.2, -0.15) is 0 Å². The number of methoxy groups -OCH3 is 1. The molecule has 0 aliphatic heterocycles. The number of hydrogen-bond donors (Lipinski definition) is 2. The first-order valence-corrected chi connectivity index (χ1v) is 9.83. The average molecular weight is 524 g/mol. The van der Waals surface area contributed by atoms with Crippen molar-refractivity contribution in [3.8, 4) is 5.75 Å². The van der Waals surface area contributed by atoms with Crippen LogP contribution in [0, 0.1) is 0 Å². The molecular formula is C23H33IN4O2. The van der Waals surface area contributed by atoms with Gasteiger partial charge in [0.25, 0.3) is 5.91 Å². The lowest BCUT2D eigenvalue weighted by atomic mass is 9.98. The Bertz CT molecular complexity index is 805. The summed E-state index contributed by atoms with van der Waals surface area (Å²) in [7, 11) is 6.95. The zero-order valence-electron chi connectivity index (χ0n) is 18.4. The maximum atomic E-state index is 12.0. The lowest BCUT2D eigenvalue weighted by molar-refractivity contribution is 0.0827. The van der Waals surface area contributed by atoms with Crippen molar-refractivity contribution in [1.82, 2.24) is 15.5 Å². The standard InChI is InChI=1S/C23H32N4O2.HI/c1-17(19-10-12-21(29-5)13-11-19)14-15-25-23(24-2)26-16-18-6-8-20(9-7-18)22(28)27(3)4;/h6-13,17H,14-16H2,1-5H3,(H2,24,25,26);1H. The lowest BCUT2D eigenvalue weighted by Crippen LogP contribution is -2.37. The number of carbonyl (C=O) groups is 1. The molecule has 0 spiro atoms. The van der Waals surface area contributed by atoms with Gasteiger partial charge in [-0.1, -0.05) is 31.2 Å². The molecule has 0 saturated heterocycles. The van der Waals surface area contributed by atoms with Crippen molar-refractivity contribution in [2.45, 2.75) is 25.8 Å². The number of benzene rings is 2. The molecule has 0 aliphatic rings. The van der Waals surface area contributed by atoms with E-state index in [1.54, 1.807) is 33.2 Å². The molecule has 6 nitrogen and oxygen atoms in total. The van der Waals surface area contributed by atoms with Crippen molar-refractivity contribution in [3.63, 3.8) is 0 Å². The molecule has 0 heterocycles. The number of halogens is 1. The average Bonchev–Trinajstić information content (AvgIpc) is 2.75. The largest absolute Gasteiger partial charge is 0.497 e. The van der Waals surface area contributed by atoms with E-state index in [1.807, 2.05) is 36.4 Å². The third kappa shape index (κ3) is 7.85. The second-order valence-electron chi connectivity index (χ2n) is 7.21. The molecule has 164 valence electrons. The first-order valence-electron chi connectivity index (χ1n) is 9.83. The third-order valence-electron chi connectivity index (χ3n) is 4.85. The quantitative estimate of drug-likeness (QED) is 0.313. The molecule has 0 radical (unpaired) electrons. The normalized spacial score (nSPS) is 11.8. The predicted molar refractivity (Wildman–Crippen MR) is 134 cm³/mol. The van der Waals surface area contributed by atoms with Crippen molar-refractivity contribution in [2.24, 2.45) is 4.99 Å². The number of ether oxygens (including phenoxy) is 1. The summed E-state index contributed by atoms with van der Waals surface area (Å²) in [6.45, 7) is 3.68. The summed E-state index contributed by atoms with van der Waals surface area (Å²) in [5.41, 5.74) is 3.08. The Kier molecular flexibility index (Phi) is 11.2. The van der Waals surface area contributed by atoms with Gasteiger partial charge in [0.15, 0.2) is 5.96 Å². The molecule has 30 heavy (non-hydrogen) atoms. The van der Waals surface area contributed by atoms with Crippen LogP contribution >= 0.6 is 24.0 Å². The van der Waals surface area contributed by atoms with Crippen LogP contribution in [-0.2, 0) is 6.54 Å². The first kappa shape index (κ1) is 25.7. The number of guanidine groups is 1. The number of hydrogen-bond acceptors (Lipinski definition) is 3. The van der Waals surface area contributed by atoms with Gasteiger partial charge in [-0.25, -0.2) is 0 Å². The van der Waals surface area contributed by atoms with Gasteiger partial charge >= 0.3 is 0 Å². The topological polar surface area (TPSA) is 66.0 Å². The summed E-state index contributed by atoms with van der Waals surface area (Å²) in [5.74, 6) is 2.09. The molecule has 0 aliphatic carbocycles. The van der Waals surface area contributed by atoms with Crippen LogP contribution < -0.4 is 15.4 Å². The fourth-order valence-electron chi connectivity index (χ4n) is 2.94. The summed E-state index contributed by atoms with van der Waals surface area (Å²) in [6.07, 6.45) is 0.994. The Morgan fingerprint density at radius 2 is 1.70 bits per heavy atom. The SMILES string of the molecule is CN=C(NCCC(C)c1ccc(OC)cc1)NCc1ccc(C(=O)N(C)C)cc1.I. The highest BCUT2D eigenvalue weighted by molar-refractivity contribution is 14.0. The second kappa shape index (κ2) is 13.1. The zero-order valence-corrected chi connectivity index (χ0v) is 20.8. The molecule has 0 saturated carbocycles. The highest BCUT2D eigenvalue weighted by atomic mass is 127. The van der Waals surface area contributed by atoms with Crippen LogP contribution in [0.25, 0.3) is 0 Å². The van der Waals surface area contributed by atoms with E-state index < -0.39 is 0 Å². The molecule has 1 unspecified atom stereocenters. The van der Waals surface area contributed by atoms with Crippen molar-refractivity contribution < 1.29 is 9.53 Å². The Labute approximate surface area is 197 Å². The Morgan fingerprint density at radius 3 is 2.23 bits per heavy atom. The highest BCUT2D eigenvalue weighted by Gasteiger charge is 2.08. The molecular weight excluding hydrogens is 491 g/mol. The summed E-state index contributed by atoms with van der Waals surface area (Å²) in [6, 6.07) is 15.8. The van der Waals surface area contributed by atoms with Crippen LogP contribution in [0.2, 0.25) is 0 Å². The van der Waals surface area contributed by atoms with Crippen LogP contribution in [0.15, 0.2) is 53.5 Å². The maximum absolute atomic E-state index is 12.0. The van der Waals surface area contributed by atoms with Gasteiger partial charge < -0.3 is 20.3 Å². The van der Waals surface area contributed by atoms with E-state index in [0.29, 0.717) is 18.0 Å². The Morgan fingerprint density at radius 1 is 1.07 bits per heavy atom. The maximum Gasteiger partial charge on any atom is 0.253 e. The van der Waals surface area contributed by atoms with Gasteiger partial charge in [-0.05, 0) is 47.7 Å². The van der Waals surface area contributed by atoms with Crippen LogP contribution in [0.3, 0.4) is 0 Å². The summed E-state index contributed by atoms with van der Waals surface area (Å²) in [5, 5.41) is 6.67. The van der Waals surface area contributed by atoms with Crippen molar-refractivity contribution >= 4 is 35.8 Å². The van der Waals surface area contributed by atoms with Crippen molar-refractivity contribution in [3.05, 3.63) is 65.2 Å². The molecule has 0 fully saturated rings. The minimum absolute atomic E-state index is 0. The number of rotatable bonds is 8. The minimum Gasteiger partial charge on any atom is -0.497 e. The van der Waals surface area contributed by atoms with Gasteiger partial charge in [0.2, 0.25) is 0 Å². The zero-order chi connectivity index (χ0) is 21.2. The van der Waals surface area contributed by atoms with Gasteiger partial charge in [0.1, 0.15) is 5.75 Å². The molecule has 0 bridgehead atoms. The number of nitrogens with zero attached hydrogens (tertiary/aromatic N) is 2. The number of amides is 1. The molecule has 2 aromatic rings. The molecule has 2 aromatic carbocycles. The smallest absolute Gasteiger partial charge is 0.253 e. The molecule has 1 amide bonds. The fraction of sp³-hybridized carbons (Fsp3) is 0.391. The van der Waals surface area contributed by atoms with Crippen molar-refractivity contribution in [1.29, 1.82) is 0 Å². The highest BCUT2D eigenvalue weighted by Crippen LogP contribution is 2.21. The fourth-order valence-corrected chi connectivity index (χ4v) is 2.94. The summed E-state index contributed by atoms with van der Waals surface area (Å²) in [4.78, 5) is 17.8. The first-order chi connectivity index (χ1) is 13.9. The molecule has 2 N–H and O–H groups in total. The number of carbonyl (C=O) groups excluding carboxylic acids is 1. The van der Waals surface area contributed by atoms with Crippen LogP contribution in [0.4, 0.5) is 0 Å². The van der Waals surface area contributed by atoms with Crippen LogP contribution in [0.5, 0.6) is 5.75 Å². The third-order valence-corrected chi connectivity index (χ3v) is 4.85. The van der Waals surface area contributed by atoms with E-state index in [1.165, 1.54) is 5.56 Å². The van der Waals surface area contributed by atoms with Crippen molar-refractivity contribution in [2.75, 3.05) is 34.8 Å². The van der Waals surface area contributed by atoms with E-state index in [0.717, 1.165) is 30.2 Å². The van der Waals surface area contributed by atoms with E-state index in [-0.39, 0.29) is 29.9 Å². The van der Waals surface area contributed by atoms with Gasteiger partial charge in [-0.3, -0.25) is 9.79 Å². The Balaban J connectivity index is 0.00000450. The van der Waals surface area contributed by atoms with E-state index in [2.05, 4.69) is 34.7 Å². The summed E-state index contributed by atoms with van der Waals surface area (Å²) >= 11 is 0. The van der Waals surface area contributed by atoms with Gasteiger partial charge in [-0.15, -0.1) is 24.0 Å². The Hall–Kier alpha value is -2.29. The van der Waals surface area contributed by atoms with Gasteiger partial charge in [0, 0.05) is 39.8 Å². The molecule has 2 rings (SSSR count). The van der Waals surface area contributed by atoms with E-state index in [4.69, 9.17) is 4.74 Å². The lowest BCUT2D eigenvalue weighted by Gasteiger charge is -2.16.